The average Bonchev–Trinajstić information content (AvgIpc) is 2.73. The summed E-state index contributed by atoms with van der Waals surface area (Å²) in [7, 11) is 0. The fourth-order valence-corrected chi connectivity index (χ4v) is 1.97. The van der Waals surface area contributed by atoms with Crippen molar-refractivity contribution in [3.63, 3.8) is 0 Å². The van der Waals surface area contributed by atoms with E-state index >= 15 is 0 Å². The van der Waals surface area contributed by atoms with Gasteiger partial charge < -0.3 is 20.1 Å². The minimum absolute atomic E-state index is 0.502. The number of carboxylic acid groups (broad SMARTS) is 1. The van der Waals surface area contributed by atoms with E-state index < -0.39 is 17.7 Å². The van der Waals surface area contributed by atoms with Crippen molar-refractivity contribution in [2.75, 3.05) is 0 Å². The maximum absolute atomic E-state index is 10.7. The first kappa shape index (κ1) is 11.7. The molecule has 1 aliphatic carbocycles. The lowest BCUT2D eigenvalue weighted by Gasteiger charge is -2.35. The first-order valence-electron chi connectivity index (χ1n) is 5.40. The molecule has 0 aromatic carbocycles. The zero-order valence-electron chi connectivity index (χ0n) is 9.50. The molecule has 0 saturated carbocycles. The van der Waals surface area contributed by atoms with Gasteiger partial charge in [-0.3, -0.25) is 0 Å². The van der Waals surface area contributed by atoms with Crippen LogP contribution >= 0.6 is 0 Å². The monoisotopic (exact) mass is 237 g/mol. The van der Waals surface area contributed by atoms with Crippen molar-refractivity contribution in [2.45, 2.75) is 31.4 Å². The van der Waals surface area contributed by atoms with Gasteiger partial charge in [-0.15, -0.1) is 0 Å². The first-order valence-corrected chi connectivity index (χ1v) is 5.40. The van der Waals surface area contributed by atoms with Gasteiger partial charge in [0, 0.05) is 18.1 Å². The molecular weight excluding hydrogens is 222 g/mol. The number of hydrogen-bond donors (Lipinski definition) is 3. The molecule has 0 radical (unpaired) electrons. The quantitative estimate of drug-likeness (QED) is 0.713. The SMILES string of the molecule is CC1(O)CCC(n2ccnc2)=CC1NC(=O)O. The van der Waals surface area contributed by atoms with Gasteiger partial charge in [0.25, 0.3) is 0 Å². The summed E-state index contributed by atoms with van der Waals surface area (Å²) in [6.07, 6.45) is 6.89. The Morgan fingerprint density at radius 3 is 3.06 bits per heavy atom. The first-order chi connectivity index (χ1) is 7.99. The van der Waals surface area contributed by atoms with Crippen LogP contribution in [0, 0.1) is 0 Å². The van der Waals surface area contributed by atoms with Crippen molar-refractivity contribution >= 4 is 11.8 Å². The van der Waals surface area contributed by atoms with Crippen LogP contribution in [0.3, 0.4) is 0 Å². The van der Waals surface area contributed by atoms with Crippen molar-refractivity contribution in [3.05, 3.63) is 24.8 Å². The molecule has 2 unspecified atom stereocenters. The number of nitrogens with one attached hydrogen (secondary N) is 1. The van der Waals surface area contributed by atoms with Crippen LogP contribution in [0.2, 0.25) is 0 Å². The third-order valence-corrected chi connectivity index (χ3v) is 3.03. The molecule has 6 heteroatoms. The molecule has 0 spiro atoms. The fourth-order valence-electron chi connectivity index (χ4n) is 1.97. The van der Waals surface area contributed by atoms with Crippen molar-refractivity contribution in [2.24, 2.45) is 0 Å². The molecule has 17 heavy (non-hydrogen) atoms. The summed E-state index contributed by atoms with van der Waals surface area (Å²) in [5, 5.41) is 21.2. The molecule has 0 fully saturated rings. The van der Waals surface area contributed by atoms with Crippen molar-refractivity contribution in [1.82, 2.24) is 14.9 Å². The molecule has 1 aliphatic rings. The van der Waals surface area contributed by atoms with Gasteiger partial charge in [-0.25, -0.2) is 9.78 Å². The molecule has 1 amide bonds. The van der Waals surface area contributed by atoms with Crippen LogP contribution in [0.25, 0.3) is 5.70 Å². The van der Waals surface area contributed by atoms with Gasteiger partial charge in [-0.2, -0.15) is 0 Å². The molecule has 2 atom stereocenters. The highest BCUT2D eigenvalue weighted by molar-refractivity contribution is 5.66. The van der Waals surface area contributed by atoms with Crippen LogP contribution in [0.4, 0.5) is 4.79 Å². The molecule has 3 N–H and O–H groups in total. The number of carbonyl (C=O) groups is 1. The molecule has 1 aromatic heterocycles. The Balaban J connectivity index is 2.26. The van der Waals surface area contributed by atoms with Crippen molar-refractivity contribution in [3.8, 4) is 0 Å². The third-order valence-electron chi connectivity index (χ3n) is 3.03. The number of hydrogen-bond acceptors (Lipinski definition) is 3. The van der Waals surface area contributed by atoms with Gasteiger partial charge in [-0.05, 0) is 25.8 Å². The molecule has 1 aromatic rings. The average molecular weight is 237 g/mol. The standard InChI is InChI=1S/C11H15N3O3/c1-11(17)3-2-8(14-5-4-12-7-14)6-9(11)13-10(15)16/h4-7,9,13,17H,2-3H2,1H3,(H,15,16). The van der Waals surface area contributed by atoms with Crippen LogP contribution in [0.1, 0.15) is 19.8 Å². The summed E-state index contributed by atoms with van der Waals surface area (Å²) in [6, 6.07) is -0.605. The zero-order valence-corrected chi connectivity index (χ0v) is 9.50. The van der Waals surface area contributed by atoms with E-state index in [0.717, 1.165) is 5.70 Å². The van der Waals surface area contributed by atoms with Gasteiger partial charge in [0.05, 0.1) is 18.0 Å². The van der Waals surface area contributed by atoms with E-state index in [1.54, 1.807) is 31.7 Å². The molecule has 0 saturated heterocycles. The lowest BCUT2D eigenvalue weighted by atomic mass is 9.85. The second kappa shape index (κ2) is 4.21. The Labute approximate surface area is 98.6 Å². The molecule has 0 aliphatic heterocycles. The van der Waals surface area contributed by atoms with Gasteiger partial charge in [-0.1, -0.05) is 0 Å². The van der Waals surface area contributed by atoms with Gasteiger partial charge in [0.2, 0.25) is 0 Å². The fraction of sp³-hybridized carbons (Fsp3) is 0.455. The number of imidazole rings is 1. The normalized spacial score (nSPS) is 28.6. The van der Waals surface area contributed by atoms with Crippen LogP contribution in [0.5, 0.6) is 0 Å². The molecule has 2 rings (SSSR count). The van der Waals surface area contributed by atoms with Gasteiger partial charge in [0.1, 0.15) is 0 Å². The smallest absolute Gasteiger partial charge is 0.405 e. The van der Waals surface area contributed by atoms with E-state index in [4.69, 9.17) is 5.11 Å². The Hall–Kier alpha value is -1.82. The van der Waals surface area contributed by atoms with Crippen LogP contribution in [-0.4, -0.2) is 37.5 Å². The Bertz CT molecular complexity index is 437. The Kier molecular flexibility index (Phi) is 2.89. The number of amides is 1. The van der Waals surface area contributed by atoms with E-state index in [0.29, 0.717) is 12.8 Å². The van der Waals surface area contributed by atoms with E-state index in [1.165, 1.54) is 0 Å². The van der Waals surface area contributed by atoms with E-state index in [2.05, 4.69) is 10.3 Å². The second-order valence-electron chi connectivity index (χ2n) is 4.41. The maximum Gasteiger partial charge on any atom is 0.405 e. The molecular formula is C11H15N3O3. The predicted molar refractivity (Wildman–Crippen MR) is 61.3 cm³/mol. The minimum Gasteiger partial charge on any atom is -0.465 e. The summed E-state index contributed by atoms with van der Waals surface area (Å²) >= 11 is 0. The zero-order chi connectivity index (χ0) is 12.5. The van der Waals surface area contributed by atoms with Crippen LogP contribution < -0.4 is 5.32 Å². The second-order valence-corrected chi connectivity index (χ2v) is 4.41. The number of rotatable bonds is 2. The lowest BCUT2D eigenvalue weighted by Crippen LogP contribution is -2.51. The highest BCUT2D eigenvalue weighted by atomic mass is 16.4. The topological polar surface area (TPSA) is 87.4 Å². The number of allylic oxidation sites excluding steroid dienone is 1. The highest BCUT2D eigenvalue weighted by Gasteiger charge is 2.35. The van der Waals surface area contributed by atoms with Gasteiger partial charge >= 0.3 is 6.09 Å². The lowest BCUT2D eigenvalue weighted by molar-refractivity contribution is 0.0244. The summed E-state index contributed by atoms with van der Waals surface area (Å²) in [6.45, 7) is 1.63. The van der Waals surface area contributed by atoms with Crippen molar-refractivity contribution < 1.29 is 15.0 Å². The summed E-state index contributed by atoms with van der Waals surface area (Å²) < 4.78 is 1.83. The summed E-state index contributed by atoms with van der Waals surface area (Å²) in [4.78, 5) is 14.6. The van der Waals surface area contributed by atoms with E-state index in [-0.39, 0.29) is 0 Å². The number of aromatic nitrogens is 2. The Morgan fingerprint density at radius 2 is 2.47 bits per heavy atom. The summed E-state index contributed by atoms with van der Waals surface area (Å²) in [5.74, 6) is 0. The number of nitrogens with zero attached hydrogens (tertiary/aromatic N) is 2. The third kappa shape index (κ3) is 2.47. The molecule has 6 nitrogen and oxygen atoms in total. The predicted octanol–water partition coefficient (Wildman–Crippen LogP) is 0.905. The van der Waals surface area contributed by atoms with E-state index in [1.807, 2.05) is 4.57 Å². The summed E-state index contributed by atoms with van der Waals surface area (Å²) in [5.41, 5.74) is -0.115. The van der Waals surface area contributed by atoms with Gasteiger partial charge in [0.15, 0.2) is 0 Å². The van der Waals surface area contributed by atoms with Crippen molar-refractivity contribution in [1.29, 1.82) is 0 Å². The van der Waals surface area contributed by atoms with E-state index in [9.17, 15) is 9.90 Å². The molecule has 0 bridgehead atoms. The molecule has 92 valence electrons. The Morgan fingerprint density at radius 1 is 1.71 bits per heavy atom. The number of aliphatic hydroxyl groups is 1. The van der Waals surface area contributed by atoms with Crippen LogP contribution in [0.15, 0.2) is 24.8 Å². The van der Waals surface area contributed by atoms with Crippen LogP contribution in [-0.2, 0) is 0 Å². The largest absolute Gasteiger partial charge is 0.465 e. The molecule has 1 heterocycles. The minimum atomic E-state index is -1.14. The highest BCUT2D eigenvalue weighted by Crippen LogP contribution is 2.29. The maximum atomic E-state index is 10.7.